The van der Waals surface area contributed by atoms with E-state index in [1.54, 1.807) is 0 Å². The van der Waals surface area contributed by atoms with E-state index in [9.17, 15) is 4.79 Å². The first-order valence-electron chi connectivity index (χ1n) is 7.07. The van der Waals surface area contributed by atoms with Gasteiger partial charge in [0.1, 0.15) is 6.54 Å². The van der Waals surface area contributed by atoms with Crippen molar-refractivity contribution >= 4 is 51.8 Å². The maximum absolute atomic E-state index is 11.5. The summed E-state index contributed by atoms with van der Waals surface area (Å²) in [6.45, 7) is 6.16. The third kappa shape index (κ3) is 7.98. The number of carbonyl (C=O) groups excluding carboxylic acids is 1. The first kappa shape index (κ1) is 21.2. The number of benzene rings is 1. The summed E-state index contributed by atoms with van der Waals surface area (Å²) in [6, 6.07) is 8.16. The van der Waals surface area contributed by atoms with Gasteiger partial charge in [-0.3, -0.25) is 4.79 Å². The first-order chi connectivity index (χ1) is 10.1. The van der Waals surface area contributed by atoms with Crippen molar-refractivity contribution in [2.24, 2.45) is 4.99 Å². The third-order valence-electron chi connectivity index (χ3n) is 2.78. The normalized spacial score (nSPS) is 10.6. The number of nitrogens with one attached hydrogen (secondary N) is 2. The molecule has 5 nitrogen and oxygen atoms in total. The Morgan fingerprint density at radius 3 is 2.32 bits per heavy atom. The molecule has 1 rings (SSSR count). The van der Waals surface area contributed by atoms with Gasteiger partial charge in [0.25, 0.3) is 0 Å². The summed E-state index contributed by atoms with van der Waals surface area (Å²) in [7, 11) is 1.96. The van der Waals surface area contributed by atoms with Crippen molar-refractivity contribution in [3.63, 3.8) is 0 Å². The summed E-state index contributed by atoms with van der Waals surface area (Å²) in [4.78, 5) is 17.9. The van der Waals surface area contributed by atoms with E-state index in [-0.39, 0.29) is 36.4 Å². The smallest absolute Gasteiger partial charge is 0.241 e. The molecule has 0 fully saturated rings. The minimum atomic E-state index is -0.0649. The molecular formula is C15H24BrIN4O. The predicted octanol–water partition coefficient (Wildman–Crippen LogP) is 2.60. The number of rotatable bonds is 6. The van der Waals surface area contributed by atoms with Crippen LogP contribution in [0.5, 0.6) is 0 Å². The average Bonchev–Trinajstić information content (AvgIpc) is 2.46. The second-order valence-electron chi connectivity index (χ2n) is 4.61. The molecular weight excluding hydrogens is 459 g/mol. The molecule has 0 aliphatic heterocycles. The molecule has 22 heavy (non-hydrogen) atoms. The van der Waals surface area contributed by atoms with Gasteiger partial charge >= 0.3 is 0 Å². The Balaban J connectivity index is 0.00000441. The molecule has 1 amide bonds. The number of hydrogen-bond donors (Lipinski definition) is 2. The summed E-state index contributed by atoms with van der Waals surface area (Å²) >= 11 is 3.43. The van der Waals surface area contributed by atoms with E-state index in [0.717, 1.165) is 23.5 Å². The van der Waals surface area contributed by atoms with Gasteiger partial charge in [-0.25, -0.2) is 4.99 Å². The van der Waals surface area contributed by atoms with E-state index in [1.165, 1.54) is 5.56 Å². The molecule has 1 aromatic carbocycles. The van der Waals surface area contributed by atoms with Crippen molar-refractivity contribution in [3.05, 3.63) is 34.3 Å². The summed E-state index contributed by atoms with van der Waals surface area (Å²) in [5, 5.41) is 5.94. The highest BCUT2D eigenvalue weighted by molar-refractivity contribution is 14.0. The molecule has 0 bridgehead atoms. The van der Waals surface area contributed by atoms with Crippen LogP contribution in [0.15, 0.2) is 33.7 Å². The maximum atomic E-state index is 11.5. The largest absolute Gasteiger partial charge is 0.357 e. The van der Waals surface area contributed by atoms with E-state index >= 15 is 0 Å². The second-order valence-corrected chi connectivity index (χ2v) is 5.52. The standard InChI is InChI=1S/C15H23BrN4O.HI/c1-4-17-14(21)10-19-15(18-5-2)20(3)11-12-6-8-13(16)9-7-12;/h6-9H,4-5,10-11H2,1-3H3,(H,17,21)(H,18,19);1H. The lowest BCUT2D eigenvalue weighted by Crippen LogP contribution is -2.39. The van der Waals surface area contributed by atoms with Gasteiger partial charge in [-0.05, 0) is 31.5 Å². The molecule has 7 heteroatoms. The summed E-state index contributed by atoms with van der Waals surface area (Å²) in [5.41, 5.74) is 1.18. The molecule has 124 valence electrons. The predicted molar refractivity (Wildman–Crippen MR) is 106 cm³/mol. The molecule has 0 aliphatic carbocycles. The number of nitrogens with zero attached hydrogens (tertiary/aromatic N) is 2. The van der Waals surface area contributed by atoms with Gasteiger partial charge in [-0.2, -0.15) is 0 Å². The molecule has 0 aromatic heterocycles. The van der Waals surface area contributed by atoms with Crippen LogP contribution < -0.4 is 10.6 Å². The summed E-state index contributed by atoms with van der Waals surface area (Å²) in [6.07, 6.45) is 0. The van der Waals surface area contributed by atoms with Crippen LogP contribution in [0.1, 0.15) is 19.4 Å². The van der Waals surface area contributed by atoms with Crippen molar-refractivity contribution in [1.29, 1.82) is 0 Å². The summed E-state index contributed by atoms with van der Waals surface area (Å²) in [5.74, 6) is 0.664. The first-order valence-corrected chi connectivity index (χ1v) is 7.86. The van der Waals surface area contributed by atoms with Crippen molar-refractivity contribution in [2.45, 2.75) is 20.4 Å². The van der Waals surface area contributed by atoms with Gasteiger partial charge in [0.2, 0.25) is 5.91 Å². The van der Waals surface area contributed by atoms with Crippen molar-refractivity contribution in [3.8, 4) is 0 Å². The lowest BCUT2D eigenvalue weighted by Gasteiger charge is -2.22. The van der Waals surface area contributed by atoms with Gasteiger partial charge < -0.3 is 15.5 Å². The van der Waals surface area contributed by atoms with Gasteiger partial charge in [0.15, 0.2) is 5.96 Å². The lowest BCUT2D eigenvalue weighted by atomic mass is 10.2. The number of aliphatic imine (C=N–C) groups is 1. The third-order valence-corrected chi connectivity index (χ3v) is 3.30. The van der Waals surface area contributed by atoms with E-state index in [4.69, 9.17) is 0 Å². The van der Waals surface area contributed by atoms with E-state index in [2.05, 4.69) is 43.7 Å². The average molecular weight is 483 g/mol. The highest BCUT2D eigenvalue weighted by Crippen LogP contribution is 2.11. The van der Waals surface area contributed by atoms with Crippen LogP contribution in [-0.2, 0) is 11.3 Å². The Hall–Kier alpha value is -0.830. The van der Waals surface area contributed by atoms with Crippen molar-refractivity contribution < 1.29 is 4.79 Å². The van der Waals surface area contributed by atoms with Crippen LogP contribution in [0.25, 0.3) is 0 Å². The highest BCUT2D eigenvalue weighted by atomic mass is 127. The molecule has 1 aromatic rings. The number of guanidine groups is 1. The fraction of sp³-hybridized carbons (Fsp3) is 0.467. The van der Waals surface area contributed by atoms with Crippen LogP contribution in [0.2, 0.25) is 0 Å². The van der Waals surface area contributed by atoms with Crippen molar-refractivity contribution in [1.82, 2.24) is 15.5 Å². The minimum Gasteiger partial charge on any atom is -0.357 e. The number of amides is 1. The van der Waals surface area contributed by atoms with Gasteiger partial charge in [0, 0.05) is 31.2 Å². The van der Waals surface area contributed by atoms with Crippen LogP contribution in [-0.4, -0.2) is 43.4 Å². The monoisotopic (exact) mass is 482 g/mol. The van der Waals surface area contributed by atoms with Gasteiger partial charge in [-0.1, -0.05) is 28.1 Å². The zero-order valence-corrected chi connectivity index (χ0v) is 17.1. The molecule has 0 radical (unpaired) electrons. The van der Waals surface area contributed by atoms with Crippen LogP contribution in [0, 0.1) is 0 Å². The fourth-order valence-electron chi connectivity index (χ4n) is 1.81. The topological polar surface area (TPSA) is 56.7 Å². The van der Waals surface area contributed by atoms with Crippen LogP contribution >= 0.6 is 39.9 Å². The highest BCUT2D eigenvalue weighted by Gasteiger charge is 2.07. The Morgan fingerprint density at radius 2 is 1.77 bits per heavy atom. The van der Waals surface area contributed by atoms with Gasteiger partial charge in [-0.15, -0.1) is 24.0 Å². The molecule has 2 N–H and O–H groups in total. The fourth-order valence-corrected chi connectivity index (χ4v) is 2.07. The second kappa shape index (κ2) is 11.7. The minimum absolute atomic E-state index is 0. The molecule has 0 saturated carbocycles. The Morgan fingerprint density at radius 1 is 1.18 bits per heavy atom. The van der Waals surface area contributed by atoms with Crippen LogP contribution in [0.3, 0.4) is 0 Å². The number of halogens is 2. The van der Waals surface area contributed by atoms with E-state index in [1.807, 2.05) is 37.9 Å². The van der Waals surface area contributed by atoms with Crippen LogP contribution in [0.4, 0.5) is 0 Å². The zero-order valence-electron chi connectivity index (χ0n) is 13.2. The van der Waals surface area contributed by atoms with E-state index in [0.29, 0.717) is 6.54 Å². The summed E-state index contributed by atoms with van der Waals surface area (Å²) < 4.78 is 1.06. The maximum Gasteiger partial charge on any atom is 0.241 e. The number of hydrogen-bond acceptors (Lipinski definition) is 2. The molecule has 0 spiro atoms. The van der Waals surface area contributed by atoms with E-state index < -0.39 is 0 Å². The molecule has 0 unspecified atom stereocenters. The molecule has 0 atom stereocenters. The molecule has 0 heterocycles. The zero-order chi connectivity index (χ0) is 15.7. The van der Waals surface area contributed by atoms with Gasteiger partial charge in [0.05, 0.1) is 0 Å². The van der Waals surface area contributed by atoms with Crippen molar-refractivity contribution in [2.75, 3.05) is 26.7 Å². The molecule has 0 saturated heterocycles. The quantitative estimate of drug-likeness (QED) is 0.372. The number of likely N-dealkylation sites (N-methyl/N-ethyl adjacent to an activating group) is 1. The lowest BCUT2D eigenvalue weighted by molar-refractivity contribution is -0.119. The number of carbonyl (C=O) groups is 1. The molecule has 0 aliphatic rings. The Kier molecular flexibility index (Phi) is 11.3. The Labute approximate surface area is 158 Å². The SMILES string of the molecule is CCNC(=O)CN=C(NCC)N(C)Cc1ccc(Br)cc1.I. The Bertz CT molecular complexity index is 479.